The molecule has 0 radical (unpaired) electrons. The zero-order chi connectivity index (χ0) is 16.8. The quantitative estimate of drug-likeness (QED) is 0.632. The molecule has 0 atom stereocenters. The summed E-state index contributed by atoms with van der Waals surface area (Å²) in [4.78, 5) is 34.6. The molecule has 0 unspecified atom stereocenters. The van der Waals surface area contributed by atoms with Crippen molar-refractivity contribution in [3.63, 3.8) is 0 Å². The zero-order valence-corrected chi connectivity index (χ0v) is 12.4. The molecule has 0 bridgehead atoms. The van der Waals surface area contributed by atoms with Crippen LogP contribution in [0.25, 0.3) is 0 Å². The molecule has 0 aliphatic carbocycles. The van der Waals surface area contributed by atoms with Crippen LogP contribution in [-0.4, -0.2) is 22.6 Å². The number of aliphatic carboxylic acids is 1. The molecular weight excluding hydrogens is 294 g/mol. The SMILES string of the molecule is CC(=O)c1ccc(N/C(=C\C(=O)c2ccccc2)C(=O)O)cc1. The van der Waals surface area contributed by atoms with Gasteiger partial charge in [-0.05, 0) is 31.2 Å². The van der Waals surface area contributed by atoms with E-state index in [2.05, 4.69) is 5.32 Å². The van der Waals surface area contributed by atoms with E-state index in [-0.39, 0.29) is 11.5 Å². The van der Waals surface area contributed by atoms with Crippen LogP contribution in [0.3, 0.4) is 0 Å². The Hall–Kier alpha value is -3.21. The van der Waals surface area contributed by atoms with Crippen LogP contribution >= 0.6 is 0 Å². The number of ketones is 2. The number of hydrogen-bond donors (Lipinski definition) is 2. The van der Waals surface area contributed by atoms with Gasteiger partial charge in [-0.2, -0.15) is 0 Å². The molecule has 2 aromatic carbocycles. The van der Waals surface area contributed by atoms with Crippen LogP contribution in [-0.2, 0) is 4.79 Å². The van der Waals surface area contributed by atoms with E-state index in [0.29, 0.717) is 16.8 Å². The van der Waals surface area contributed by atoms with Crippen molar-refractivity contribution < 1.29 is 19.5 Å². The summed E-state index contributed by atoms with van der Waals surface area (Å²) in [6, 6.07) is 14.7. The molecule has 5 nitrogen and oxygen atoms in total. The normalized spacial score (nSPS) is 10.9. The van der Waals surface area contributed by atoms with Gasteiger partial charge in [0, 0.05) is 22.9 Å². The molecule has 23 heavy (non-hydrogen) atoms. The molecular formula is C18H15NO4. The van der Waals surface area contributed by atoms with Gasteiger partial charge < -0.3 is 10.4 Å². The van der Waals surface area contributed by atoms with Crippen molar-refractivity contribution in [3.05, 3.63) is 77.5 Å². The van der Waals surface area contributed by atoms with Gasteiger partial charge in [-0.15, -0.1) is 0 Å². The minimum atomic E-state index is -1.25. The van der Waals surface area contributed by atoms with Crippen molar-refractivity contribution in [2.24, 2.45) is 0 Å². The van der Waals surface area contributed by atoms with E-state index in [1.54, 1.807) is 54.6 Å². The lowest BCUT2D eigenvalue weighted by molar-refractivity contribution is -0.132. The van der Waals surface area contributed by atoms with E-state index in [9.17, 15) is 19.5 Å². The number of carboxylic acids is 1. The smallest absolute Gasteiger partial charge is 0.352 e. The largest absolute Gasteiger partial charge is 0.477 e. The Kier molecular flexibility index (Phi) is 5.04. The van der Waals surface area contributed by atoms with Crippen LogP contribution in [0.1, 0.15) is 27.6 Å². The summed E-state index contributed by atoms with van der Waals surface area (Å²) in [5.74, 6) is -1.73. The lowest BCUT2D eigenvalue weighted by atomic mass is 10.1. The predicted octanol–water partition coefficient (Wildman–Crippen LogP) is 3.15. The summed E-state index contributed by atoms with van der Waals surface area (Å²) >= 11 is 0. The molecule has 0 amide bonds. The average molecular weight is 309 g/mol. The first-order valence-corrected chi connectivity index (χ1v) is 6.90. The second-order valence-corrected chi connectivity index (χ2v) is 4.85. The molecule has 0 aliphatic rings. The van der Waals surface area contributed by atoms with Crippen LogP contribution in [0, 0.1) is 0 Å². The van der Waals surface area contributed by atoms with Gasteiger partial charge in [-0.1, -0.05) is 30.3 Å². The minimum Gasteiger partial charge on any atom is -0.477 e. The Bertz CT molecular complexity index is 761. The lowest BCUT2D eigenvalue weighted by Crippen LogP contribution is -2.13. The number of carbonyl (C=O) groups excluding carboxylic acids is 2. The standard InChI is InChI=1S/C18H15NO4/c1-12(20)13-7-9-15(10-8-13)19-16(18(22)23)11-17(21)14-5-3-2-4-6-14/h2-11,19H,1H3,(H,22,23)/b16-11-. The van der Waals surface area contributed by atoms with Crippen LogP contribution < -0.4 is 5.32 Å². The van der Waals surface area contributed by atoms with E-state index in [1.165, 1.54) is 6.92 Å². The van der Waals surface area contributed by atoms with Gasteiger partial charge in [0.2, 0.25) is 0 Å². The first-order valence-electron chi connectivity index (χ1n) is 6.90. The van der Waals surface area contributed by atoms with Crippen molar-refractivity contribution >= 4 is 23.2 Å². The van der Waals surface area contributed by atoms with E-state index in [1.807, 2.05) is 0 Å². The number of carboxylic acid groups (broad SMARTS) is 1. The molecule has 5 heteroatoms. The van der Waals surface area contributed by atoms with Gasteiger partial charge in [0.05, 0.1) is 0 Å². The fraction of sp³-hybridized carbons (Fsp3) is 0.0556. The zero-order valence-electron chi connectivity index (χ0n) is 12.4. The van der Waals surface area contributed by atoms with E-state index in [0.717, 1.165) is 6.08 Å². The number of anilines is 1. The third-order valence-electron chi connectivity index (χ3n) is 3.13. The van der Waals surface area contributed by atoms with Crippen LogP contribution in [0.4, 0.5) is 5.69 Å². The first-order chi connectivity index (χ1) is 11.0. The second kappa shape index (κ2) is 7.17. The number of hydrogen-bond acceptors (Lipinski definition) is 4. The number of Topliss-reactive ketones (excluding diaryl/α,β-unsaturated/α-hetero) is 1. The summed E-state index contributed by atoms with van der Waals surface area (Å²) in [5, 5.41) is 11.9. The highest BCUT2D eigenvalue weighted by atomic mass is 16.4. The predicted molar refractivity (Wildman–Crippen MR) is 86.6 cm³/mol. The molecule has 0 fully saturated rings. The summed E-state index contributed by atoms with van der Waals surface area (Å²) in [6.07, 6.45) is 1.04. The maximum Gasteiger partial charge on any atom is 0.352 e. The Morgan fingerprint density at radius 3 is 2.04 bits per heavy atom. The van der Waals surface area contributed by atoms with Gasteiger partial charge in [0.1, 0.15) is 5.70 Å². The Morgan fingerprint density at radius 1 is 0.913 bits per heavy atom. The van der Waals surface area contributed by atoms with Crippen LogP contribution in [0.5, 0.6) is 0 Å². The number of rotatable bonds is 6. The van der Waals surface area contributed by atoms with E-state index < -0.39 is 11.8 Å². The molecule has 0 aromatic heterocycles. The van der Waals surface area contributed by atoms with Crippen molar-refractivity contribution in [2.75, 3.05) is 5.32 Å². The molecule has 0 aliphatic heterocycles. The van der Waals surface area contributed by atoms with E-state index >= 15 is 0 Å². The van der Waals surface area contributed by atoms with Gasteiger partial charge in [0.15, 0.2) is 11.6 Å². The molecule has 0 saturated heterocycles. The minimum absolute atomic E-state index is 0.0789. The monoisotopic (exact) mass is 309 g/mol. The third-order valence-corrected chi connectivity index (χ3v) is 3.13. The second-order valence-electron chi connectivity index (χ2n) is 4.85. The molecule has 0 spiro atoms. The highest BCUT2D eigenvalue weighted by molar-refractivity contribution is 6.09. The molecule has 2 N–H and O–H groups in total. The topological polar surface area (TPSA) is 83.5 Å². The fourth-order valence-corrected chi connectivity index (χ4v) is 1.91. The number of nitrogens with one attached hydrogen (secondary N) is 1. The third kappa shape index (κ3) is 4.38. The van der Waals surface area contributed by atoms with Crippen LogP contribution in [0.2, 0.25) is 0 Å². The van der Waals surface area contributed by atoms with Crippen LogP contribution in [0.15, 0.2) is 66.4 Å². The number of allylic oxidation sites excluding steroid dienone is 1. The fourth-order valence-electron chi connectivity index (χ4n) is 1.91. The highest BCUT2D eigenvalue weighted by Gasteiger charge is 2.12. The van der Waals surface area contributed by atoms with Gasteiger partial charge >= 0.3 is 5.97 Å². The summed E-state index contributed by atoms with van der Waals surface area (Å²) < 4.78 is 0. The summed E-state index contributed by atoms with van der Waals surface area (Å²) in [6.45, 7) is 1.45. The van der Waals surface area contributed by atoms with E-state index in [4.69, 9.17) is 0 Å². The maximum atomic E-state index is 12.1. The molecule has 0 saturated carbocycles. The molecule has 116 valence electrons. The molecule has 2 rings (SSSR count). The van der Waals surface area contributed by atoms with Crippen molar-refractivity contribution in [3.8, 4) is 0 Å². The van der Waals surface area contributed by atoms with Gasteiger partial charge in [0.25, 0.3) is 0 Å². The van der Waals surface area contributed by atoms with Crippen molar-refractivity contribution in [1.82, 2.24) is 0 Å². The first kappa shape index (κ1) is 16.2. The summed E-state index contributed by atoms with van der Waals surface area (Å²) in [7, 11) is 0. The molecule has 2 aromatic rings. The maximum absolute atomic E-state index is 12.1. The summed E-state index contributed by atoms with van der Waals surface area (Å²) in [5.41, 5.74) is 1.16. The average Bonchev–Trinajstić information content (AvgIpc) is 2.55. The highest BCUT2D eigenvalue weighted by Crippen LogP contribution is 2.13. The Balaban J connectivity index is 2.22. The lowest BCUT2D eigenvalue weighted by Gasteiger charge is -2.07. The van der Waals surface area contributed by atoms with Crippen molar-refractivity contribution in [1.29, 1.82) is 0 Å². The number of carbonyl (C=O) groups is 3. The Labute approximate surface area is 133 Å². The molecule has 0 heterocycles. The number of benzene rings is 2. The van der Waals surface area contributed by atoms with Crippen molar-refractivity contribution in [2.45, 2.75) is 6.92 Å². The van der Waals surface area contributed by atoms with Gasteiger partial charge in [-0.25, -0.2) is 4.79 Å². The Morgan fingerprint density at radius 2 is 1.52 bits per heavy atom. The van der Waals surface area contributed by atoms with Gasteiger partial charge in [-0.3, -0.25) is 9.59 Å².